The van der Waals surface area contributed by atoms with Crippen LogP contribution >= 0.6 is 0 Å². The molecule has 2 rings (SSSR count). The van der Waals surface area contributed by atoms with Crippen LogP contribution in [-0.4, -0.2) is 25.0 Å². The van der Waals surface area contributed by atoms with Gasteiger partial charge in [-0.15, -0.1) is 0 Å². The molecule has 0 fully saturated rings. The van der Waals surface area contributed by atoms with E-state index < -0.39 is 6.04 Å². The molecule has 6 heteroatoms. The molecule has 2 N–H and O–H groups in total. The SMILES string of the molecule is COc1cc(C(C)NC(=O)C(NC(=O)CC(C)C)c2ccccc2)ccc1OC(C)C. The number of nitrogens with one attached hydrogen (secondary N) is 2. The third-order valence-corrected chi connectivity index (χ3v) is 4.70. The lowest BCUT2D eigenvalue weighted by Gasteiger charge is -2.23. The fourth-order valence-corrected chi connectivity index (χ4v) is 3.22. The summed E-state index contributed by atoms with van der Waals surface area (Å²) in [6.45, 7) is 9.74. The summed E-state index contributed by atoms with van der Waals surface area (Å²) in [5, 5.41) is 5.89. The number of hydrogen-bond donors (Lipinski definition) is 2. The van der Waals surface area contributed by atoms with Gasteiger partial charge in [0, 0.05) is 6.42 Å². The average molecular weight is 427 g/mol. The lowest BCUT2D eigenvalue weighted by atomic mass is 10.0. The van der Waals surface area contributed by atoms with Crippen molar-refractivity contribution in [1.29, 1.82) is 0 Å². The van der Waals surface area contributed by atoms with Crippen LogP contribution in [0.5, 0.6) is 11.5 Å². The highest BCUT2D eigenvalue weighted by Crippen LogP contribution is 2.31. The summed E-state index contributed by atoms with van der Waals surface area (Å²) in [5.41, 5.74) is 1.61. The quantitative estimate of drug-likeness (QED) is 0.584. The number of carbonyl (C=O) groups excluding carboxylic acids is 2. The Kier molecular flexibility index (Phi) is 8.91. The molecule has 0 spiro atoms. The van der Waals surface area contributed by atoms with E-state index in [2.05, 4.69) is 10.6 Å². The number of rotatable bonds is 10. The van der Waals surface area contributed by atoms with Gasteiger partial charge in [-0.1, -0.05) is 50.2 Å². The van der Waals surface area contributed by atoms with Gasteiger partial charge in [-0.3, -0.25) is 9.59 Å². The average Bonchev–Trinajstić information content (AvgIpc) is 2.71. The van der Waals surface area contributed by atoms with Crippen LogP contribution in [0.15, 0.2) is 48.5 Å². The second-order valence-corrected chi connectivity index (χ2v) is 8.32. The van der Waals surface area contributed by atoms with Gasteiger partial charge < -0.3 is 20.1 Å². The minimum Gasteiger partial charge on any atom is -0.493 e. The van der Waals surface area contributed by atoms with Gasteiger partial charge >= 0.3 is 0 Å². The van der Waals surface area contributed by atoms with Gasteiger partial charge in [-0.25, -0.2) is 0 Å². The molecule has 31 heavy (non-hydrogen) atoms. The van der Waals surface area contributed by atoms with E-state index in [1.807, 2.05) is 83.1 Å². The molecule has 0 heterocycles. The maximum absolute atomic E-state index is 13.1. The van der Waals surface area contributed by atoms with Gasteiger partial charge in [0.25, 0.3) is 0 Å². The maximum atomic E-state index is 13.1. The predicted octanol–water partition coefficient (Wildman–Crippen LogP) is 4.56. The second kappa shape index (κ2) is 11.4. The first kappa shape index (κ1) is 24.3. The number of benzene rings is 2. The van der Waals surface area contributed by atoms with Gasteiger partial charge in [-0.2, -0.15) is 0 Å². The summed E-state index contributed by atoms with van der Waals surface area (Å²) in [7, 11) is 1.59. The van der Waals surface area contributed by atoms with E-state index in [9.17, 15) is 9.59 Å². The fraction of sp³-hybridized carbons (Fsp3) is 0.440. The van der Waals surface area contributed by atoms with E-state index in [-0.39, 0.29) is 29.9 Å². The van der Waals surface area contributed by atoms with E-state index in [4.69, 9.17) is 9.47 Å². The fourth-order valence-electron chi connectivity index (χ4n) is 3.22. The number of amides is 2. The molecule has 0 aliphatic rings. The van der Waals surface area contributed by atoms with Crippen LogP contribution in [0.4, 0.5) is 0 Å². The van der Waals surface area contributed by atoms with E-state index in [1.54, 1.807) is 7.11 Å². The molecule has 0 saturated carbocycles. The zero-order chi connectivity index (χ0) is 23.0. The minimum absolute atomic E-state index is 0.0259. The van der Waals surface area contributed by atoms with Gasteiger partial charge in [-0.05, 0) is 49.9 Å². The smallest absolute Gasteiger partial charge is 0.247 e. The molecule has 0 bridgehead atoms. The molecule has 0 saturated heterocycles. The normalized spacial score (nSPS) is 12.9. The van der Waals surface area contributed by atoms with Gasteiger partial charge in [0.1, 0.15) is 6.04 Å². The Morgan fingerprint density at radius 2 is 1.55 bits per heavy atom. The molecule has 2 unspecified atom stereocenters. The summed E-state index contributed by atoms with van der Waals surface area (Å²) >= 11 is 0. The summed E-state index contributed by atoms with van der Waals surface area (Å²) in [4.78, 5) is 25.5. The molecule has 0 radical (unpaired) electrons. The van der Waals surface area contributed by atoms with Crippen LogP contribution in [0, 0.1) is 5.92 Å². The molecule has 2 aromatic rings. The zero-order valence-corrected chi connectivity index (χ0v) is 19.3. The van der Waals surface area contributed by atoms with Gasteiger partial charge in [0.15, 0.2) is 11.5 Å². The molecule has 6 nitrogen and oxygen atoms in total. The Bertz CT molecular complexity index is 865. The predicted molar refractivity (Wildman–Crippen MR) is 122 cm³/mol. The van der Waals surface area contributed by atoms with Crippen LogP contribution in [-0.2, 0) is 9.59 Å². The van der Waals surface area contributed by atoms with Gasteiger partial charge in [0.2, 0.25) is 11.8 Å². The van der Waals surface area contributed by atoms with Crippen molar-refractivity contribution in [3.05, 3.63) is 59.7 Å². The molecule has 2 amide bonds. The lowest BCUT2D eigenvalue weighted by Crippen LogP contribution is -2.41. The second-order valence-electron chi connectivity index (χ2n) is 8.32. The van der Waals surface area contributed by atoms with Crippen molar-refractivity contribution < 1.29 is 19.1 Å². The third kappa shape index (κ3) is 7.31. The standard InChI is InChI=1S/C25H34N2O4/c1-16(2)14-23(28)27-24(19-10-8-7-9-11-19)25(29)26-18(5)20-12-13-21(31-17(3)4)22(15-20)30-6/h7-13,15-18,24H,14H2,1-6H3,(H,26,29)(H,27,28). The van der Waals surface area contributed by atoms with Crippen molar-refractivity contribution in [3.8, 4) is 11.5 Å². The molecular weight excluding hydrogens is 392 g/mol. The Labute approximate surface area is 185 Å². The first-order valence-corrected chi connectivity index (χ1v) is 10.7. The molecule has 0 aliphatic carbocycles. The highest BCUT2D eigenvalue weighted by atomic mass is 16.5. The van der Waals surface area contributed by atoms with Crippen LogP contribution in [0.1, 0.15) is 64.3 Å². The summed E-state index contributed by atoms with van der Waals surface area (Å²) < 4.78 is 11.2. The van der Waals surface area contributed by atoms with Crippen LogP contribution in [0.3, 0.4) is 0 Å². The van der Waals surface area contributed by atoms with Crippen molar-refractivity contribution in [3.63, 3.8) is 0 Å². The van der Waals surface area contributed by atoms with E-state index in [0.29, 0.717) is 17.9 Å². The topological polar surface area (TPSA) is 76.7 Å². The summed E-state index contributed by atoms with van der Waals surface area (Å²) in [6.07, 6.45) is 0.388. The summed E-state index contributed by atoms with van der Waals surface area (Å²) in [5.74, 6) is 1.05. The maximum Gasteiger partial charge on any atom is 0.247 e. The monoisotopic (exact) mass is 426 g/mol. The number of hydrogen-bond acceptors (Lipinski definition) is 4. The van der Waals surface area contributed by atoms with Crippen LogP contribution < -0.4 is 20.1 Å². The molecule has 0 aromatic heterocycles. The molecular formula is C25H34N2O4. The Morgan fingerprint density at radius 1 is 0.871 bits per heavy atom. The summed E-state index contributed by atoms with van der Waals surface area (Å²) in [6, 6.07) is 13.8. The third-order valence-electron chi connectivity index (χ3n) is 4.70. The number of ether oxygens (including phenoxy) is 2. The van der Waals surface area contributed by atoms with Gasteiger partial charge in [0.05, 0.1) is 19.3 Å². The Balaban J connectivity index is 2.19. The molecule has 2 atom stereocenters. The van der Waals surface area contributed by atoms with E-state index in [1.165, 1.54) is 0 Å². The molecule has 0 aliphatic heterocycles. The zero-order valence-electron chi connectivity index (χ0n) is 19.3. The van der Waals surface area contributed by atoms with Crippen LogP contribution in [0.25, 0.3) is 0 Å². The highest BCUT2D eigenvalue weighted by molar-refractivity contribution is 5.89. The largest absolute Gasteiger partial charge is 0.493 e. The molecule has 168 valence electrons. The first-order valence-electron chi connectivity index (χ1n) is 10.7. The highest BCUT2D eigenvalue weighted by Gasteiger charge is 2.25. The van der Waals surface area contributed by atoms with Crippen molar-refractivity contribution in [2.24, 2.45) is 5.92 Å². The van der Waals surface area contributed by atoms with E-state index in [0.717, 1.165) is 11.1 Å². The van der Waals surface area contributed by atoms with Crippen molar-refractivity contribution in [2.75, 3.05) is 7.11 Å². The van der Waals surface area contributed by atoms with Crippen molar-refractivity contribution in [2.45, 2.75) is 59.2 Å². The lowest BCUT2D eigenvalue weighted by molar-refractivity contribution is -0.130. The Morgan fingerprint density at radius 3 is 2.13 bits per heavy atom. The van der Waals surface area contributed by atoms with Crippen molar-refractivity contribution >= 4 is 11.8 Å². The minimum atomic E-state index is -0.764. The number of carbonyl (C=O) groups is 2. The van der Waals surface area contributed by atoms with Crippen molar-refractivity contribution in [1.82, 2.24) is 10.6 Å². The molecule has 2 aromatic carbocycles. The Hall–Kier alpha value is -3.02. The van der Waals surface area contributed by atoms with E-state index >= 15 is 0 Å². The van der Waals surface area contributed by atoms with Crippen LogP contribution in [0.2, 0.25) is 0 Å². The first-order chi connectivity index (χ1) is 14.7. The number of methoxy groups -OCH3 is 1.